The summed E-state index contributed by atoms with van der Waals surface area (Å²) in [5.74, 6) is 0.559. The maximum atomic E-state index is 9.47. The monoisotopic (exact) mass is 262 g/mol. The van der Waals surface area contributed by atoms with Crippen LogP contribution in [-0.4, -0.2) is 32.0 Å². The highest BCUT2D eigenvalue weighted by Crippen LogP contribution is 2.42. The Hall–Kier alpha value is -0.480. The molecule has 0 aliphatic carbocycles. The summed E-state index contributed by atoms with van der Waals surface area (Å²) in [7, 11) is 1.54. The molecule has 1 fully saturated rings. The SMILES string of the molecule is COc1c(Cl)cc(Cl)cc1C1(CO)COC1. The first-order chi connectivity index (χ1) is 7.63. The minimum absolute atomic E-state index is 0.0139. The topological polar surface area (TPSA) is 38.7 Å². The Morgan fingerprint density at radius 2 is 2.12 bits per heavy atom. The molecule has 0 unspecified atom stereocenters. The van der Waals surface area contributed by atoms with Gasteiger partial charge in [0, 0.05) is 10.6 Å². The summed E-state index contributed by atoms with van der Waals surface area (Å²) in [6, 6.07) is 3.39. The van der Waals surface area contributed by atoms with Gasteiger partial charge in [-0.1, -0.05) is 23.2 Å². The van der Waals surface area contributed by atoms with E-state index in [1.165, 1.54) is 0 Å². The van der Waals surface area contributed by atoms with E-state index in [1.54, 1.807) is 19.2 Å². The first kappa shape index (κ1) is 12.0. The summed E-state index contributed by atoms with van der Waals surface area (Å²) in [5.41, 5.74) is 0.376. The third-order valence-corrected chi connectivity index (χ3v) is 3.34. The predicted molar refractivity (Wildman–Crippen MR) is 62.6 cm³/mol. The molecule has 0 saturated carbocycles. The van der Waals surface area contributed by atoms with Gasteiger partial charge in [0.1, 0.15) is 5.75 Å². The van der Waals surface area contributed by atoms with Crippen LogP contribution in [-0.2, 0) is 10.2 Å². The molecular weight excluding hydrogens is 251 g/mol. The first-order valence-corrected chi connectivity index (χ1v) is 5.61. The first-order valence-electron chi connectivity index (χ1n) is 4.85. The van der Waals surface area contributed by atoms with Crippen LogP contribution in [0.4, 0.5) is 0 Å². The lowest BCUT2D eigenvalue weighted by Crippen LogP contribution is -2.49. The van der Waals surface area contributed by atoms with Crippen molar-refractivity contribution in [2.24, 2.45) is 0 Å². The van der Waals surface area contributed by atoms with E-state index in [1.807, 2.05) is 0 Å². The van der Waals surface area contributed by atoms with Crippen molar-refractivity contribution in [3.63, 3.8) is 0 Å². The van der Waals surface area contributed by atoms with Crippen molar-refractivity contribution in [3.8, 4) is 5.75 Å². The highest BCUT2D eigenvalue weighted by molar-refractivity contribution is 6.35. The van der Waals surface area contributed by atoms with Crippen LogP contribution >= 0.6 is 23.2 Å². The Kier molecular flexibility index (Phi) is 3.31. The summed E-state index contributed by atoms with van der Waals surface area (Å²) in [5, 5.41) is 10.4. The Morgan fingerprint density at radius 1 is 1.44 bits per heavy atom. The Balaban J connectivity index is 2.53. The molecule has 0 atom stereocenters. The molecule has 2 rings (SSSR count). The minimum atomic E-state index is -0.431. The quantitative estimate of drug-likeness (QED) is 0.909. The van der Waals surface area contributed by atoms with E-state index < -0.39 is 5.41 Å². The molecule has 5 heteroatoms. The molecule has 1 aromatic carbocycles. The van der Waals surface area contributed by atoms with Gasteiger partial charge in [-0.3, -0.25) is 0 Å². The largest absolute Gasteiger partial charge is 0.495 e. The molecule has 1 heterocycles. The van der Waals surface area contributed by atoms with Crippen LogP contribution in [0.3, 0.4) is 0 Å². The molecule has 16 heavy (non-hydrogen) atoms. The molecule has 0 amide bonds. The van der Waals surface area contributed by atoms with Gasteiger partial charge >= 0.3 is 0 Å². The average Bonchev–Trinajstić information content (AvgIpc) is 2.16. The molecule has 1 saturated heterocycles. The lowest BCUT2D eigenvalue weighted by Gasteiger charge is -2.41. The number of halogens is 2. The number of benzene rings is 1. The molecule has 1 N–H and O–H groups in total. The van der Waals surface area contributed by atoms with Crippen LogP contribution < -0.4 is 4.74 Å². The standard InChI is InChI=1S/C11H12Cl2O3/c1-15-10-8(2-7(12)3-9(10)13)11(4-14)5-16-6-11/h2-3,14H,4-6H2,1H3. The zero-order valence-corrected chi connectivity index (χ0v) is 10.3. The van der Waals surface area contributed by atoms with Gasteiger partial charge < -0.3 is 14.6 Å². The summed E-state index contributed by atoms with van der Waals surface area (Å²) >= 11 is 12.0. The van der Waals surface area contributed by atoms with E-state index in [0.717, 1.165) is 5.56 Å². The Morgan fingerprint density at radius 3 is 2.56 bits per heavy atom. The Labute approximate surface area is 104 Å². The van der Waals surface area contributed by atoms with Gasteiger partial charge in [-0.05, 0) is 12.1 Å². The van der Waals surface area contributed by atoms with Crippen LogP contribution in [0.15, 0.2) is 12.1 Å². The lowest BCUT2D eigenvalue weighted by molar-refractivity contribution is -0.0849. The van der Waals surface area contributed by atoms with Crippen LogP contribution in [0.5, 0.6) is 5.75 Å². The van der Waals surface area contributed by atoms with Crippen LogP contribution in [0, 0.1) is 0 Å². The van der Waals surface area contributed by atoms with Gasteiger partial charge in [-0.15, -0.1) is 0 Å². The summed E-state index contributed by atoms with van der Waals surface area (Å²) in [6.07, 6.45) is 0. The highest BCUT2D eigenvalue weighted by Gasteiger charge is 2.42. The zero-order chi connectivity index (χ0) is 11.8. The maximum Gasteiger partial charge on any atom is 0.141 e. The number of ether oxygens (including phenoxy) is 2. The van der Waals surface area contributed by atoms with Crippen molar-refractivity contribution in [1.29, 1.82) is 0 Å². The van der Waals surface area contributed by atoms with E-state index >= 15 is 0 Å². The second-order valence-electron chi connectivity index (χ2n) is 3.90. The molecule has 0 spiro atoms. The number of aliphatic hydroxyl groups excluding tert-OH is 1. The van der Waals surface area contributed by atoms with Gasteiger partial charge in [0.15, 0.2) is 0 Å². The number of aliphatic hydroxyl groups is 1. The third-order valence-electron chi connectivity index (χ3n) is 2.84. The fourth-order valence-corrected chi connectivity index (χ4v) is 2.41. The van der Waals surface area contributed by atoms with Gasteiger partial charge in [-0.2, -0.15) is 0 Å². The lowest BCUT2D eigenvalue weighted by atomic mass is 9.79. The van der Waals surface area contributed by atoms with E-state index in [2.05, 4.69) is 0 Å². The van der Waals surface area contributed by atoms with Crippen LogP contribution in [0.1, 0.15) is 5.56 Å². The Bertz CT molecular complexity index is 397. The average molecular weight is 263 g/mol. The number of hydrogen-bond donors (Lipinski definition) is 1. The molecule has 3 nitrogen and oxygen atoms in total. The van der Waals surface area contributed by atoms with Crippen molar-refractivity contribution < 1.29 is 14.6 Å². The van der Waals surface area contributed by atoms with Crippen molar-refractivity contribution in [2.45, 2.75) is 5.41 Å². The van der Waals surface area contributed by atoms with Gasteiger partial charge in [0.05, 0.1) is 37.4 Å². The number of rotatable bonds is 3. The summed E-state index contributed by atoms with van der Waals surface area (Å²) in [6.45, 7) is 0.896. The van der Waals surface area contributed by atoms with Crippen LogP contribution in [0.25, 0.3) is 0 Å². The molecule has 1 aliphatic heterocycles. The molecule has 1 aromatic rings. The van der Waals surface area contributed by atoms with E-state index in [0.29, 0.717) is 29.0 Å². The third kappa shape index (κ3) is 1.78. The molecule has 0 bridgehead atoms. The molecule has 88 valence electrons. The van der Waals surface area contributed by atoms with E-state index in [4.69, 9.17) is 32.7 Å². The fraction of sp³-hybridized carbons (Fsp3) is 0.455. The number of methoxy groups -OCH3 is 1. The van der Waals surface area contributed by atoms with Crippen molar-refractivity contribution >= 4 is 23.2 Å². The molecule has 0 aromatic heterocycles. The summed E-state index contributed by atoms with van der Waals surface area (Å²) < 4.78 is 10.4. The van der Waals surface area contributed by atoms with Gasteiger partial charge in [-0.25, -0.2) is 0 Å². The number of hydrogen-bond acceptors (Lipinski definition) is 3. The van der Waals surface area contributed by atoms with E-state index in [9.17, 15) is 5.11 Å². The predicted octanol–water partition coefficient (Wildman–Crippen LogP) is 2.26. The van der Waals surface area contributed by atoms with Crippen molar-refractivity contribution in [2.75, 3.05) is 26.9 Å². The minimum Gasteiger partial charge on any atom is -0.495 e. The maximum absolute atomic E-state index is 9.47. The van der Waals surface area contributed by atoms with Gasteiger partial charge in [0.25, 0.3) is 0 Å². The molecular formula is C11H12Cl2O3. The normalized spacial score (nSPS) is 18.0. The molecule has 1 aliphatic rings. The van der Waals surface area contributed by atoms with Crippen LogP contribution in [0.2, 0.25) is 10.0 Å². The second-order valence-corrected chi connectivity index (χ2v) is 4.74. The van der Waals surface area contributed by atoms with E-state index in [-0.39, 0.29) is 6.61 Å². The fourth-order valence-electron chi connectivity index (χ4n) is 1.84. The smallest absolute Gasteiger partial charge is 0.141 e. The van der Waals surface area contributed by atoms with Gasteiger partial charge in [0.2, 0.25) is 0 Å². The zero-order valence-electron chi connectivity index (χ0n) is 8.80. The summed E-state index contributed by atoms with van der Waals surface area (Å²) in [4.78, 5) is 0. The van der Waals surface area contributed by atoms with Crippen molar-refractivity contribution in [3.05, 3.63) is 27.7 Å². The molecule has 0 radical (unpaired) electrons. The van der Waals surface area contributed by atoms with Crippen molar-refractivity contribution in [1.82, 2.24) is 0 Å². The second kappa shape index (κ2) is 4.41. The highest BCUT2D eigenvalue weighted by atomic mass is 35.5.